The number of aliphatic hydroxyl groups is 1. The van der Waals surface area contributed by atoms with Gasteiger partial charge in [-0.05, 0) is 60.2 Å². The van der Waals surface area contributed by atoms with Crippen molar-refractivity contribution in [2.75, 3.05) is 19.1 Å². The maximum absolute atomic E-state index is 13.3. The molecule has 1 aliphatic heterocycles. The number of hydrogen-bond acceptors (Lipinski definition) is 7. The van der Waals surface area contributed by atoms with E-state index in [1.165, 1.54) is 23.3 Å². The number of aromatic nitrogens is 1. The molecule has 5 rings (SSSR count). The van der Waals surface area contributed by atoms with Gasteiger partial charge in [-0.3, -0.25) is 14.5 Å². The molecule has 1 aliphatic rings. The number of ether oxygens (including phenoxy) is 2. The van der Waals surface area contributed by atoms with Gasteiger partial charge in [-0.15, -0.1) is 0 Å². The minimum atomic E-state index is -0.918. The normalized spacial score (nSPS) is 17.2. The largest absolute Gasteiger partial charge is 0.507 e. The van der Waals surface area contributed by atoms with E-state index in [0.29, 0.717) is 38.3 Å². The fourth-order valence-electron chi connectivity index (χ4n) is 4.05. The highest BCUT2D eigenvalue weighted by Gasteiger charge is 2.48. The molecular formula is C26H19ClN2O5S. The number of methoxy groups -OCH3 is 2. The lowest BCUT2D eigenvalue weighted by Gasteiger charge is -2.23. The molecule has 1 aromatic heterocycles. The van der Waals surface area contributed by atoms with Crippen LogP contribution in [0.25, 0.3) is 16.0 Å². The standard InChI is InChI=1S/C26H19ClN2O5S/c1-33-17-8-6-14(7-9-17)23(30)21-22(15-4-3-5-16(27)12-15)29(25(32)24(21)31)26-28-19-11-10-18(34-2)13-20(19)35-26/h3-13,22,30H,1-2H3/t22-/m0/s1. The van der Waals surface area contributed by atoms with E-state index in [9.17, 15) is 14.7 Å². The minimum absolute atomic E-state index is 0.0423. The van der Waals surface area contributed by atoms with E-state index in [2.05, 4.69) is 4.98 Å². The van der Waals surface area contributed by atoms with Crippen molar-refractivity contribution >= 4 is 55.7 Å². The van der Waals surface area contributed by atoms with Crippen molar-refractivity contribution in [2.24, 2.45) is 0 Å². The lowest BCUT2D eigenvalue weighted by molar-refractivity contribution is -0.132. The molecular weight excluding hydrogens is 488 g/mol. The lowest BCUT2D eigenvalue weighted by atomic mass is 9.95. The van der Waals surface area contributed by atoms with Crippen molar-refractivity contribution < 1.29 is 24.2 Å². The molecule has 0 radical (unpaired) electrons. The summed E-state index contributed by atoms with van der Waals surface area (Å²) in [6.07, 6.45) is 0. The Kier molecular flexibility index (Phi) is 5.92. The first-order chi connectivity index (χ1) is 16.9. The molecule has 0 spiro atoms. The first-order valence-corrected chi connectivity index (χ1v) is 11.8. The highest BCUT2D eigenvalue weighted by atomic mass is 35.5. The number of nitrogens with zero attached hydrogens (tertiary/aromatic N) is 2. The summed E-state index contributed by atoms with van der Waals surface area (Å²) in [6.45, 7) is 0. The van der Waals surface area contributed by atoms with Crippen LogP contribution in [0.2, 0.25) is 5.02 Å². The van der Waals surface area contributed by atoms with Gasteiger partial charge in [0.15, 0.2) is 5.13 Å². The predicted molar refractivity (Wildman–Crippen MR) is 135 cm³/mol. The second-order valence-corrected chi connectivity index (χ2v) is 9.23. The first kappa shape index (κ1) is 22.9. The SMILES string of the molecule is COc1ccc(C(O)=C2C(=O)C(=O)N(c3nc4ccc(OC)cc4s3)[C@H]2c2cccc(Cl)c2)cc1. The zero-order valence-electron chi connectivity index (χ0n) is 18.7. The van der Waals surface area contributed by atoms with E-state index in [0.717, 1.165) is 4.70 Å². The number of Topliss-reactive ketones (excluding diaryl/α,β-unsaturated/α-hetero) is 1. The van der Waals surface area contributed by atoms with Crippen LogP contribution in [0.5, 0.6) is 11.5 Å². The van der Waals surface area contributed by atoms with Crippen molar-refractivity contribution in [2.45, 2.75) is 6.04 Å². The van der Waals surface area contributed by atoms with Crippen LogP contribution in [0.4, 0.5) is 5.13 Å². The van der Waals surface area contributed by atoms with Gasteiger partial charge in [-0.1, -0.05) is 35.1 Å². The van der Waals surface area contributed by atoms with Crippen LogP contribution in [0.1, 0.15) is 17.2 Å². The highest BCUT2D eigenvalue weighted by molar-refractivity contribution is 7.22. The Morgan fingerprint density at radius 3 is 2.40 bits per heavy atom. The second kappa shape index (κ2) is 9.05. The van der Waals surface area contributed by atoms with E-state index >= 15 is 0 Å². The van der Waals surface area contributed by atoms with Gasteiger partial charge in [-0.25, -0.2) is 4.98 Å². The predicted octanol–water partition coefficient (Wildman–Crippen LogP) is 5.59. The Labute approximate surface area is 209 Å². The number of carbonyl (C=O) groups is 2. The summed E-state index contributed by atoms with van der Waals surface area (Å²) < 4.78 is 11.3. The number of amides is 1. The van der Waals surface area contributed by atoms with Crippen molar-refractivity contribution in [3.05, 3.63) is 88.5 Å². The van der Waals surface area contributed by atoms with Crippen LogP contribution in [0.15, 0.2) is 72.3 Å². The maximum atomic E-state index is 13.3. The molecule has 1 atom stereocenters. The molecule has 0 unspecified atom stereocenters. The van der Waals surface area contributed by atoms with E-state index in [4.69, 9.17) is 21.1 Å². The molecule has 1 N–H and O–H groups in total. The molecule has 1 saturated heterocycles. The number of aliphatic hydroxyl groups excluding tert-OH is 1. The van der Waals surface area contributed by atoms with Gasteiger partial charge in [0.2, 0.25) is 0 Å². The van der Waals surface area contributed by atoms with Crippen LogP contribution < -0.4 is 14.4 Å². The molecule has 9 heteroatoms. The summed E-state index contributed by atoms with van der Waals surface area (Å²) in [4.78, 5) is 32.6. The molecule has 7 nitrogen and oxygen atoms in total. The summed E-state index contributed by atoms with van der Waals surface area (Å²) in [5.74, 6) is -0.628. The fraction of sp³-hybridized carbons (Fsp3) is 0.115. The van der Waals surface area contributed by atoms with Gasteiger partial charge in [-0.2, -0.15) is 0 Å². The zero-order chi connectivity index (χ0) is 24.7. The number of thiazole rings is 1. The second-order valence-electron chi connectivity index (χ2n) is 7.78. The van der Waals surface area contributed by atoms with Gasteiger partial charge in [0.05, 0.1) is 36.1 Å². The lowest BCUT2D eigenvalue weighted by Crippen LogP contribution is -2.29. The van der Waals surface area contributed by atoms with Crippen molar-refractivity contribution in [3.63, 3.8) is 0 Å². The van der Waals surface area contributed by atoms with Crippen molar-refractivity contribution in [1.82, 2.24) is 4.98 Å². The Morgan fingerprint density at radius 1 is 1.00 bits per heavy atom. The number of carbonyl (C=O) groups excluding carboxylic acids is 2. The number of halogens is 1. The topological polar surface area (TPSA) is 89.0 Å². The molecule has 0 bridgehead atoms. The maximum Gasteiger partial charge on any atom is 0.301 e. The monoisotopic (exact) mass is 506 g/mol. The number of rotatable bonds is 5. The summed E-state index contributed by atoms with van der Waals surface area (Å²) >= 11 is 7.51. The number of fused-ring (bicyclic) bond motifs is 1. The molecule has 35 heavy (non-hydrogen) atoms. The van der Waals surface area contributed by atoms with Gasteiger partial charge >= 0.3 is 5.91 Å². The van der Waals surface area contributed by atoms with E-state index in [1.807, 2.05) is 6.07 Å². The third kappa shape index (κ3) is 4.00. The number of hydrogen-bond donors (Lipinski definition) is 1. The number of ketones is 1. The quantitative estimate of drug-likeness (QED) is 0.215. The molecule has 1 fully saturated rings. The molecule has 2 heterocycles. The van der Waals surface area contributed by atoms with Gasteiger partial charge in [0.25, 0.3) is 5.78 Å². The Morgan fingerprint density at radius 2 is 1.71 bits per heavy atom. The Bertz CT molecular complexity index is 1500. The van der Waals surface area contributed by atoms with E-state index < -0.39 is 17.7 Å². The third-order valence-corrected chi connectivity index (χ3v) is 7.02. The van der Waals surface area contributed by atoms with Crippen LogP contribution in [0, 0.1) is 0 Å². The van der Waals surface area contributed by atoms with Crippen LogP contribution in [-0.2, 0) is 9.59 Å². The summed E-state index contributed by atoms with van der Waals surface area (Å²) in [7, 11) is 3.10. The summed E-state index contributed by atoms with van der Waals surface area (Å²) in [6, 6.07) is 17.9. The molecule has 3 aromatic carbocycles. The summed E-state index contributed by atoms with van der Waals surface area (Å²) in [5, 5.41) is 12.0. The molecule has 0 saturated carbocycles. The fourth-order valence-corrected chi connectivity index (χ4v) is 5.27. The molecule has 0 aliphatic carbocycles. The smallest absolute Gasteiger partial charge is 0.301 e. The molecule has 1 amide bonds. The van der Waals surface area contributed by atoms with E-state index in [-0.39, 0.29) is 11.3 Å². The van der Waals surface area contributed by atoms with Crippen molar-refractivity contribution in [3.8, 4) is 11.5 Å². The minimum Gasteiger partial charge on any atom is -0.507 e. The Balaban J connectivity index is 1.70. The molecule has 4 aromatic rings. The van der Waals surface area contributed by atoms with Crippen LogP contribution >= 0.6 is 22.9 Å². The average molecular weight is 507 g/mol. The molecule has 176 valence electrons. The highest BCUT2D eigenvalue weighted by Crippen LogP contribution is 2.45. The number of anilines is 1. The van der Waals surface area contributed by atoms with Gasteiger partial charge in [0, 0.05) is 10.6 Å². The average Bonchev–Trinajstić information content (AvgIpc) is 3.41. The Hall–Kier alpha value is -3.88. The van der Waals surface area contributed by atoms with Crippen LogP contribution in [0.3, 0.4) is 0 Å². The van der Waals surface area contributed by atoms with E-state index in [1.54, 1.807) is 67.8 Å². The zero-order valence-corrected chi connectivity index (χ0v) is 20.3. The number of benzene rings is 3. The van der Waals surface area contributed by atoms with Crippen LogP contribution in [-0.4, -0.2) is 36.0 Å². The summed E-state index contributed by atoms with van der Waals surface area (Å²) in [5.41, 5.74) is 1.57. The first-order valence-electron chi connectivity index (χ1n) is 10.6. The third-order valence-electron chi connectivity index (χ3n) is 5.76. The van der Waals surface area contributed by atoms with Gasteiger partial charge < -0.3 is 14.6 Å². The van der Waals surface area contributed by atoms with Gasteiger partial charge in [0.1, 0.15) is 17.3 Å². The van der Waals surface area contributed by atoms with Crippen molar-refractivity contribution in [1.29, 1.82) is 0 Å².